The third-order valence-corrected chi connectivity index (χ3v) is 2.03. The lowest BCUT2D eigenvalue weighted by atomic mass is 9.93. The Hall–Kier alpha value is -1.63. The fourth-order valence-electron chi connectivity index (χ4n) is 0.720. The van der Waals surface area contributed by atoms with Crippen LogP contribution in [0.5, 0.6) is 0 Å². The second-order valence-corrected chi connectivity index (χ2v) is 4.01. The molecule has 92 valence electrons. The first kappa shape index (κ1) is 14.4. The summed E-state index contributed by atoms with van der Waals surface area (Å²) in [6.45, 7) is 3.03. The molecule has 0 radical (unpaired) electrons. The molecule has 16 heavy (non-hydrogen) atoms. The molecule has 7 heteroatoms. The van der Waals surface area contributed by atoms with E-state index in [9.17, 15) is 14.4 Å². The second kappa shape index (κ2) is 6.06. The van der Waals surface area contributed by atoms with Crippen LogP contribution in [0.1, 0.15) is 13.8 Å². The maximum Gasteiger partial charge on any atom is 0.239 e. The highest BCUT2D eigenvalue weighted by Gasteiger charge is 2.25. The Morgan fingerprint density at radius 2 is 1.69 bits per heavy atom. The van der Waals surface area contributed by atoms with E-state index in [1.807, 2.05) is 0 Å². The van der Waals surface area contributed by atoms with Crippen LogP contribution in [0.15, 0.2) is 0 Å². The van der Waals surface area contributed by atoms with E-state index >= 15 is 0 Å². The zero-order chi connectivity index (χ0) is 12.8. The number of hydrogen-bond donors (Lipinski definition) is 4. The number of amides is 3. The molecule has 0 aliphatic heterocycles. The zero-order valence-electron chi connectivity index (χ0n) is 9.50. The number of hydrogen-bond acceptors (Lipinski definition) is 4. The smallest absolute Gasteiger partial charge is 0.239 e. The molecule has 0 aromatic heterocycles. The summed E-state index contributed by atoms with van der Waals surface area (Å²) in [6.07, 6.45) is 0. The average molecular weight is 230 g/mol. The molecule has 0 atom stereocenters. The zero-order valence-corrected chi connectivity index (χ0v) is 9.50. The highest BCUT2D eigenvalue weighted by atomic mass is 16.2. The van der Waals surface area contributed by atoms with E-state index < -0.39 is 23.1 Å². The third kappa shape index (κ3) is 5.30. The number of carbonyl (C=O) groups is 3. The van der Waals surface area contributed by atoms with E-state index in [0.29, 0.717) is 0 Å². The summed E-state index contributed by atoms with van der Waals surface area (Å²) in [7, 11) is 0. The Morgan fingerprint density at radius 3 is 2.12 bits per heavy atom. The van der Waals surface area contributed by atoms with Crippen molar-refractivity contribution in [3.63, 3.8) is 0 Å². The standard InChI is InChI=1S/C9H18N4O3/c1-9(2,8(11)16)5-13-7(15)4-12-6(14)3-10/h3-5,10H2,1-2H3,(H2,11,16)(H,12,14)(H,13,15). The quantitative estimate of drug-likeness (QED) is 0.408. The van der Waals surface area contributed by atoms with Gasteiger partial charge < -0.3 is 22.1 Å². The maximum atomic E-state index is 11.2. The Bertz CT molecular complexity index is 288. The van der Waals surface area contributed by atoms with Crippen molar-refractivity contribution >= 4 is 17.7 Å². The minimum Gasteiger partial charge on any atom is -0.369 e. The lowest BCUT2D eigenvalue weighted by Gasteiger charge is -2.20. The van der Waals surface area contributed by atoms with Crippen molar-refractivity contribution in [2.75, 3.05) is 19.6 Å². The van der Waals surface area contributed by atoms with Crippen LogP contribution in [0.4, 0.5) is 0 Å². The molecule has 0 saturated carbocycles. The summed E-state index contributed by atoms with van der Waals surface area (Å²) in [5.74, 6) is -1.31. The van der Waals surface area contributed by atoms with E-state index in [-0.39, 0.29) is 19.6 Å². The second-order valence-electron chi connectivity index (χ2n) is 4.01. The molecule has 0 fully saturated rings. The van der Waals surface area contributed by atoms with E-state index in [0.717, 1.165) is 0 Å². The number of carbonyl (C=O) groups excluding carboxylic acids is 3. The molecule has 6 N–H and O–H groups in total. The predicted molar refractivity (Wildman–Crippen MR) is 58.0 cm³/mol. The number of primary amides is 1. The third-order valence-electron chi connectivity index (χ3n) is 2.03. The average Bonchev–Trinajstić information content (AvgIpc) is 2.22. The number of rotatable bonds is 6. The van der Waals surface area contributed by atoms with E-state index in [4.69, 9.17) is 11.5 Å². The fraction of sp³-hybridized carbons (Fsp3) is 0.667. The molecule has 0 aliphatic rings. The van der Waals surface area contributed by atoms with Crippen LogP contribution in [-0.4, -0.2) is 37.4 Å². The van der Waals surface area contributed by atoms with Crippen molar-refractivity contribution in [1.29, 1.82) is 0 Å². The lowest BCUT2D eigenvalue weighted by molar-refractivity contribution is -0.128. The van der Waals surface area contributed by atoms with Crippen LogP contribution >= 0.6 is 0 Å². The van der Waals surface area contributed by atoms with Crippen LogP contribution in [0, 0.1) is 5.41 Å². The Morgan fingerprint density at radius 1 is 1.12 bits per heavy atom. The minimum absolute atomic E-state index is 0.125. The van der Waals surface area contributed by atoms with Gasteiger partial charge in [-0.1, -0.05) is 0 Å². The molecular weight excluding hydrogens is 212 g/mol. The summed E-state index contributed by atoms with van der Waals surface area (Å²) >= 11 is 0. The molecule has 0 spiro atoms. The fourth-order valence-corrected chi connectivity index (χ4v) is 0.720. The van der Waals surface area contributed by atoms with Gasteiger partial charge in [-0.05, 0) is 13.8 Å². The predicted octanol–water partition coefficient (Wildman–Crippen LogP) is -2.31. The molecule has 0 saturated heterocycles. The van der Waals surface area contributed by atoms with Gasteiger partial charge in [-0.2, -0.15) is 0 Å². The van der Waals surface area contributed by atoms with Crippen molar-refractivity contribution in [3.8, 4) is 0 Å². The van der Waals surface area contributed by atoms with E-state index in [1.165, 1.54) is 0 Å². The topological polar surface area (TPSA) is 127 Å². The first-order chi connectivity index (χ1) is 7.29. The van der Waals surface area contributed by atoms with Gasteiger partial charge in [0.05, 0.1) is 18.5 Å². The van der Waals surface area contributed by atoms with Gasteiger partial charge in [-0.15, -0.1) is 0 Å². The summed E-state index contributed by atoms with van der Waals surface area (Å²) in [5, 5.41) is 4.79. The lowest BCUT2D eigenvalue weighted by Crippen LogP contribution is -2.45. The maximum absolute atomic E-state index is 11.2. The molecule has 0 heterocycles. The largest absolute Gasteiger partial charge is 0.369 e. The summed E-state index contributed by atoms with van der Waals surface area (Å²) in [4.78, 5) is 32.9. The van der Waals surface area contributed by atoms with Gasteiger partial charge in [0.15, 0.2) is 0 Å². The SMILES string of the molecule is CC(C)(CNC(=O)CNC(=O)CN)C(N)=O. The Labute approximate surface area is 93.9 Å². The highest BCUT2D eigenvalue weighted by Crippen LogP contribution is 2.11. The van der Waals surface area contributed by atoms with Crippen LogP contribution < -0.4 is 22.1 Å². The first-order valence-corrected chi connectivity index (χ1v) is 4.83. The van der Waals surface area contributed by atoms with Gasteiger partial charge in [0.25, 0.3) is 0 Å². The van der Waals surface area contributed by atoms with Crippen molar-refractivity contribution in [3.05, 3.63) is 0 Å². The van der Waals surface area contributed by atoms with E-state index in [1.54, 1.807) is 13.8 Å². The molecule has 7 nitrogen and oxygen atoms in total. The molecule has 0 aromatic rings. The minimum atomic E-state index is -0.812. The van der Waals surface area contributed by atoms with Gasteiger partial charge in [0.2, 0.25) is 17.7 Å². The van der Waals surface area contributed by atoms with Crippen molar-refractivity contribution in [1.82, 2.24) is 10.6 Å². The Balaban J connectivity index is 3.90. The molecule has 0 aromatic carbocycles. The van der Waals surface area contributed by atoms with Crippen LogP contribution in [0.25, 0.3) is 0 Å². The van der Waals surface area contributed by atoms with Crippen LogP contribution in [0.3, 0.4) is 0 Å². The first-order valence-electron chi connectivity index (χ1n) is 4.83. The number of nitrogens with two attached hydrogens (primary N) is 2. The van der Waals surface area contributed by atoms with E-state index in [2.05, 4.69) is 10.6 Å². The van der Waals surface area contributed by atoms with Gasteiger partial charge in [0.1, 0.15) is 0 Å². The normalized spacial score (nSPS) is 10.7. The van der Waals surface area contributed by atoms with Crippen molar-refractivity contribution in [2.45, 2.75) is 13.8 Å². The molecular formula is C9H18N4O3. The van der Waals surface area contributed by atoms with Crippen molar-refractivity contribution in [2.24, 2.45) is 16.9 Å². The van der Waals surface area contributed by atoms with Gasteiger partial charge >= 0.3 is 0 Å². The summed E-state index contributed by atoms with van der Waals surface area (Å²) in [6, 6.07) is 0. The summed E-state index contributed by atoms with van der Waals surface area (Å²) in [5.41, 5.74) is 9.35. The molecule has 0 rings (SSSR count). The highest BCUT2D eigenvalue weighted by molar-refractivity contribution is 5.86. The van der Waals surface area contributed by atoms with Gasteiger partial charge in [-0.25, -0.2) is 0 Å². The number of nitrogens with one attached hydrogen (secondary N) is 2. The molecule has 0 aliphatic carbocycles. The Kier molecular flexibility index (Phi) is 5.44. The monoisotopic (exact) mass is 230 g/mol. The van der Waals surface area contributed by atoms with Crippen molar-refractivity contribution < 1.29 is 14.4 Å². The van der Waals surface area contributed by atoms with Gasteiger partial charge in [-0.3, -0.25) is 14.4 Å². The molecule has 3 amide bonds. The summed E-state index contributed by atoms with van der Waals surface area (Å²) < 4.78 is 0. The van der Waals surface area contributed by atoms with Gasteiger partial charge in [0, 0.05) is 6.54 Å². The van der Waals surface area contributed by atoms with Crippen LogP contribution in [-0.2, 0) is 14.4 Å². The molecule has 0 bridgehead atoms. The molecule has 0 unspecified atom stereocenters. The van der Waals surface area contributed by atoms with Crippen LogP contribution in [0.2, 0.25) is 0 Å².